The number of benzene rings is 1. The minimum Gasteiger partial charge on any atom is -0.323 e. The van der Waals surface area contributed by atoms with Gasteiger partial charge in [-0.15, -0.1) is 0 Å². The summed E-state index contributed by atoms with van der Waals surface area (Å²) >= 11 is 0. The third-order valence-corrected chi connectivity index (χ3v) is 3.23. The maximum absolute atomic E-state index is 12.1. The molecule has 0 aliphatic heterocycles. The normalized spacial score (nSPS) is 11.9. The molecule has 1 atom stereocenters. The molecule has 0 aliphatic rings. The summed E-state index contributed by atoms with van der Waals surface area (Å²) in [6, 6.07) is 12.0. The van der Waals surface area contributed by atoms with E-state index in [1.54, 1.807) is 12.3 Å². The van der Waals surface area contributed by atoms with Crippen LogP contribution in [0.15, 0.2) is 53.5 Å². The van der Waals surface area contributed by atoms with Crippen LogP contribution < -0.4 is 16.6 Å². The molecular weight excluding hydrogens is 266 g/mol. The van der Waals surface area contributed by atoms with E-state index in [9.17, 15) is 9.59 Å². The van der Waals surface area contributed by atoms with Crippen molar-refractivity contribution in [2.45, 2.75) is 25.9 Å². The predicted molar refractivity (Wildman–Crippen MR) is 83.1 cm³/mol. The molecule has 5 heteroatoms. The molecule has 0 bridgehead atoms. The predicted octanol–water partition coefficient (Wildman–Crippen LogP) is 1.38. The number of carbonyl (C=O) groups excluding carboxylic acids is 1. The molecule has 3 N–H and O–H groups in total. The fraction of sp³-hybridized carbons (Fsp3) is 0.250. The van der Waals surface area contributed by atoms with Crippen LogP contribution in [0.3, 0.4) is 0 Å². The summed E-state index contributed by atoms with van der Waals surface area (Å²) in [5.74, 6) is -0.264. The Balaban J connectivity index is 2.02. The van der Waals surface area contributed by atoms with Crippen molar-refractivity contribution in [3.8, 4) is 0 Å². The minimum atomic E-state index is -0.630. The highest BCUT2D eigenvalue weighted by Crippen LogP contribution is 2.06. The molecule has 1 heterocycles. The zero-order chi connectivity index (χ0) is 15.2. The smallest absolute Gasteiger partial charge is 0.250 e. The van der Waals surface area contributed by atoms with E-state index in [1.807, 2.05) is 37.3 Å². The standard InChI is InChI=1S/C16H19N3O2/c1-2-19-11-13(8-9-15(19)20)18-16(21)14(17)10-12-6-4-3-5-7-12/h3-9,11,14H,2,10,17H2,1H3,(H,18,21)/t14-/m1/s1. The number of aryl methyl sites for hydroxylation is 1. The fourth-order valence-electron chi connectivity index (χ4n) is 2.05. The number of nitrogens with two attached hydrogens (primary N) is 1. The largest absolute Gasteiger partial charge is 0.323 e. The summed E-state index contributed by atoms with van der Waals surface area (Å²) in [6.07, 6.45) is 2.09. The molecule has 0 fully saturated rings. The van der Waals surface area contributed by atoms with Crippen molar-refractivity contribution in [1.82, 2.24) is 4.57 Å². The highest BCUT2D eigenvalue weighted by molar-refractivity contribution is 5.94. The average molecular weight is 285 g/mol. The molecule has 1 aromatic carbocycles. The van der Waals surface area contributed by atoms with Crippen LogP contribution in [0.2, 0.25) is 0 Å². The Kier molecular flexibility index (Phi) is 4.90. The van der Waals surface area contributed by atoms with E-state index in [-0.39, 0.29) is 11.5 Å². The third-order valence-electron chi connectivity index (χ3n) is 3.23. The highest BCUT2D eigenvalue weighted by Gasteiger charge is 2.14. The molecule has 1 aromatic heterocycles. The van der Waals surface area contributed by atoms with Crippen molar-refractivity contribution in [1.29, 1.82) is 0 Å². The maximum Gasteiger partial charge on any atom is 0.250 e. The molecule has 0 unspecified atom stereocenters. The summed E-state index contributed by atoms with van der Waals surface area (Å²) in [5, 5.41) is 2.74. The average Bonchev–Trinajstić information content (AvgIpc) is 2.50. The lowest BCUT2D eigenvalue weighted by molar-refractivity contribution is -0.117. The molecule has 0 spiro atoms. The second-order valence-corrected chi connectivity index (χ2v) is 4.83. The Morgan fingerprint density at radius 2 is 1.95 bits per heavy atom. The third kappa shape index (κ3) is 4.03. The van der Waals surface area contributed by atoms with Gasteiger partial charge in [-0.25, -0.2) is 0 Å². The molecule has 2 rings (SSSR count). The van der Waals surface area contributed by atoms with Gasteiger partial charge in [0.15, 0.2) is 0 Å². The van der Waals surface area contributed by atoms with Gasteiger partial charge >= 0.3 is 0 Å². The van der Waals surface area contributed by atoms with Crippen molar-refractivity contribution in [2.75, 3.05) is 5.32 Å². The molecule has 0 saturated heterocycles. The van der Waals surface area contributed by atoms with Crippen molar-refractivity contribution < 1.29 is 4.79 Å². The number of hydrogen-bond acceptors (Lipinski definition) is 3. The zero-order valence-corrected chi connectivity index (χ0v) is 12.0. The molecule has 21 heavy (non-hydrogen) atoms. The Labute approximate surface area is 123 Å². The lowest BCUT2D eigenvalue weighted by Crippen LogP contribution is -2.37. The first kappa shape index (κ1) is 15.0. The number of pyridine rings is 1. The zero-order valence-electron chi connectivity index (χ0n) is 12.0. The van der Waals surface area contributed by atoms with Gasteiger partial charge in [-0.1, -0.05) is 30.3 Å². The van der Waals surface area contributed by atoms with Crippen molar-refractivity contribution in [3.05, 3.63) is 64.6 Å². The van der Waals surface area contributed by atoms with Gasteiger partial charge in [-0.2, -0.15) is 0 Å². The topological polar surface area (TPSA) is 77.1 Å². The summed E-state index contributed by atoms with van der Waals surface area (Å²) < 4.78 is 1.53. The SMILES string of the molecule is CCn1cc(NC(=O)[C@H](N)Cc2ccccc2)ccc1=O. The molecule has 0 aliphatic carbocycles. The van der Waals surface area contributed by atoms with Crippen LogP contribution in [0, 0.1) is 0 Å². The molecule has 5 nitrogen and oxygen atoms in total. The molecule has 110 valence electrons. The number of nitrogens with one attached hydrogen (secondary N) is 1. The Morgan fingerprint density at radius 1 is 1.24 bits per heavy atom. The van der Waals surface area contributed by atoms with Crippen molar-refractivity contribution in [2.24, 2.45) is 5.73 Å². The van der Waals surface area contributed by atoms with E-state index in [0.717, 1.165) is 5.56 Å². The minimum absolute atomic E-state index is 0.0934. The van der Waals surface area contributed by atoms with Crippen LogP contribution in [0.25, 0.3) is 0 Å². The highest BCUT2D eigenvalue weighted by atomic mass is 16.2. The van der Waals surface area contributed by atoms with Gasteiger partial charge in [0.25, 0.3) is 5.56 Å². The lowest BCUT2D eigenvalue weighted by Gasteiger charge is -2.13. The van der Waals surface area contributed by atoms with Crippen LogP contribution in [-0.2, 0) is 17.8 Å². The Bertz CT molecular complexity index is 665. The Hall–Kier alpha value is -2.40. The number of carbonyl (C=O) groups is 1. The summed E-state index contributed by atoms with van der Waals surface area (Å²) in [5.41, 5.74) is 7.41. The molecule has 2 aromatic rings. The number of rotatable bonds is 5. The van der Waals surface area contributed by atoms with E-state index in [4.69, 9.17) is 5.73 Å². The van der Waals surface area contributed by atoms with Crippen LogP contribution in [0.4, 0.5) is 5.69 Å². The summed E-state index contributed by atoms with van der Waals surface area (Å²) in [7, 11) is 0. The van der Waals surface area contributed by atoms with Gasteiger partial charge < -0.3 is 15.6 Å². The number of anilines is 1. The van der Waals surface area contributed by atoms with Gasteiger partial charge in [-0.05, 0) is 25.0 Å². The van der Waals surface area contributed by atoms with Crippen LogP contribution in [0.1, 0.15) is 12.5 Å². The quantitative estimate of drug-likeness (QED) is 0.871. The lowest BCUT2D eigenvalue weighted by atomic mass is 10.1. The van der Waals surface area contributed by atoms with Gasteiger partial charge in [0.1, 0.15) is 0 Å². The molecule has 1 amide bonds. The first-order valence-corrected chi connectivity index (χ1v) is 6.91. The first-order chi connectivity index (χ1) is 10.1. The summed E-state index contributed by atoms with van der Waals surface area (Å²) in [4.78, 5) is 23.6. The Morgan fingerprint density at radius 3 is 2.62 bits per heavy atom. The molecule has 0 radical (unpaired) electrons. The van der Waals surface area contributed by atoms with Crippen LogP contribution >= 0.6 is 0 Å². The number of amides is 1. The van der Waals surface area contributed by atoms with E-state index in [2.05, 4.69) is 5.32 Å². The van der Waals surface area contributed by atoms with E-state index >= 15 is 0 Å². The van der Waals surface area contributed by atoms with Crippen molar-refractivity contribution >= 4 is 11.6 Å². The van der Waals surface area contributed by atoms with E-state index < -0.39 is 6.04 Å². The maximum atomic E-state index is 12.1. The van der Waals surface area contributed by atoms with Gasteiger partial charge in [-0.3, -0.25) is 9.59 Å². The monoisotopic (exact) mass is 285 g/mol. The summed E-state index contributed by atoms with van der Waals surface area (Å²) in [6.45, 7) is 2.42. The molecular formula is C16H19N3O2. The van der Waals surface area contributed by atoms with Gasteiger partial charge in [0, 0.05) is 18.8 Å². The number of nitrogens with zero attached hydrogens (tertiary/aromatic N) is 1. The number of hydrogen-bond donors (Lipinski definition) is 2. The van der Waals surface area contributed by atoms with E-state index in [1.165, 1.54) is 10.6 Å². The number of aromatic nitrogens is 1. The van der Waals surface area contributed by atoms with Gasteiger partial charge in [0.05, 0.1) is 11.7 Å². The second-order valence-electron chi connectivity index (χ2n) is 4.83. The van der Waals surface area contributed by atoms with Crippen molar-refractivity contribution in [3.63, 3.8) is 0 Å². The van der Waals surface area contributed by atoms with Gasteiger partial charge in [0.2, 0.25) is 5.91 Å². The van der Waals surface area contributed by atoms with Crippen LogP contribution in [0.5, 0.6) is 0 Å². The fourth-order valence-corrected chi connectivity index (χ4v) is 2.05. The van der Waals surface area contributed by atoms with Crippen LogP contribution in [-0.4, -0.2) is 16.5 Å². The van der Waals surface area contributed by atoms with E-state index in [0.29, 0.717) is 18.7 Å². The second kappa shape index (κ2) is 6.85. The molecule has 0 saturated carbocycles. The first-order valence-electron chi connectivity index (χ1n) is 6.91.